The zero-order valence-corrected chi connectivity index (χ0v) is 23.3. The molecule has 3 heteroatoms. The Labute approximate surface area is 214 Å². The van der Waals surface area contributed by atoms with Crippen LogP contribution in [0.1, 0.15) is 161 Å². The van der Waals surface area contributed by atoms with Crippen LogP contribution in [0.2, 0.25) is 0 Å². The van der Waals surface area contributed by atoms with E-state index in [1.165, 1.54) is 161 Å². The van der Waals surface area contributed by atoms with E-state index < -0.39 is 0 Å². The van der Waals surface area contributed by atoms with Gasteiger partial charge in [-0.3, -0.25) is 0 Å². The van der Waals surface area contributed by atoms with Crippen molar-refractivity contribution in [3.8, 4) is 0 Å². The molecule has 0 amide bonds. The zero-order chi connectivity index (χ0) is 23.0. The topological polar surface area (TPSA) is 18.5 Å². The summed E-state index contributed by atoms with van der Waals surface area (Å²) in [6.07, 6.45) is 35.4. The van der Waals surface area contributed by atoms with E-state index >= 15 is 0 Å². The van der Waals surface area contributed by atoms with Crippen LogP contribution in [0.3, 0.4) is 0 Å². The number of rotatable bonds is 4. The third-order valence-corrected chi connectivity index (χ3v) is 9.71. The molecule has 0 radical (unpaired) electrons. The highest BCUT2D eigenvalue weighted by atomic mass is 79.9. The molecule has 3 fully saturated rings. The Balaban J connectivity index is 1.60. The Bertz CT molecular complexity index is 410. The van der Waals surface area contributed by atoms with Gasteiger partial charge in [0.2, 0.25) is 0 Å². The van der Waals surface area contributed by atoms with E-state index in [4.69, 9.17) is 9.47 Å². The summed E-state index contributed by atoms with van der Waals surface area (Å²) in [6, 6.07) is 0. The van der Waals surface area contributed by atoms with Crippen molar-refractivity contribution >= 4 is 15.9 Å². The molecule has 0 aliphatic heterocycles. The summed E-state index contributed by atoms with van der Waals surface area (Å²) in [5, 5.41) is 0. The first-order valence-electron chi connectivity index (χ1n) is 15.3. The molecule has 0 aromatic rings. The van der Waals surface area contributed by atoms with E-state index in [2.05, 4.69) is 15.9 Å². The Morgan fingerprint density at radius 2 is 0.576 bits per heavy atom. The molecule has 0 bridgehead atoms. The molecule has 0 N–H and O–H groups in total. The minimum atomic E-state index is 0.320. The van der Waals surface area contributed by atoms with E-state index in [1.807, 2.05) is 0 Å². The molecule has 0 spiro atoms. The fourth-order valence-corrected chi connectivity index (χ4v) is 7.15. The smallest absolute Gasteiger partial charge is 0.0729 e. The van der Waals surface area contributed by atoms with Crippen molar-refractivity contribution < 1.29 is 9.47 Å². The second-order valence-electron chi connectivity index (χ2n) is 11.5. The predicted molar refractivity (Wildman–Crippen MR) is 145 cm³/mol. The van der Waals surface area contributed by atoms with Crippen LogP contribution < -0.4 is 0 Å². The number of halogens is 1. The summed E-state index contributed by atoms with van der Waals surface area (Å²) < 4.78 is 14.0. The number of hydrogen-bond acceptors (Lipinski definition) is 2. The molecule has 0 aromatic heterocycles. The lowest BCUT2D eigenvalue weighted by Crippen LogP contribution is -2.40. The molecule has 2 atom stereocenters. The fraction of sp³-hybridized carbons (Fsp3) is 1.00. The zero-order valence-electron chi connectivity index (χ0n) is 21.8. The standard InChI is InChI=1S/C30H55BrO2/c31-30-28(32-26-20-14-8-3-1-4-9-15-21-26)24-18-12-7-13-19-25-29(30)33-27-22-16-10-5-2-6-11-17-23-27/h26-30H,1-25H2. The lowest BCUT2D eigenvalue weighted by molar-refractivity contribution is -0.0790. The van der Waals surface area contributed by atoms with Gasteiger partial charge in [0.1, 0.15) is 0 Å². The van der Waals surface area contributed by atoms with Crippen LogP contribution in [-0.4, -0.2) is 29.2 Å². The summed E-state index contributed by atoms with van der Waals surface area (Å²) >= 11 is 4.20. The first-order chi connectivity index (χ1) is 16.3. The Kier molecular flexibility index (Phi) is 15.1. The van der Waals surface area contributed by atoms with Crippen LogP contribution in [0.25, 0.3) is 0 Å². The van der Waals surface area contributed by atoms with Crippen molar-refractivity contribution in [2.24, 2.45) is 0 Å². The molecule has 3 saturated carbocycles. The van der Waals surface area contributed by atoms with Gasteiger partial charge in [0.05, 0.1) is 29.2 Å². The van der Waals surface area contributed by atoms with Crippen molar-refractivity contribution in [2.75, 3.05) is 0 Å². The lowest BCUT2D eigenvalue weighted by Gasteiger charge is -2.36. The van der Waals surface area contributed by atoms with Crippen molar-refractivity contribution in [3.63, 3.8) is 0 Å². The van der Waals surface area contributed by atoms with Crippen LogP contribution in [0.5, 0.6) is 0 Å². The molecule has 2 nitrogen and oxygen atoms in total. The fourth-order valence-electron chi connectivity index (χ4n) is 6.38. The average Bonchev–Trinajstić information content (AvgIpc) is 2.84. The Hall–Kier alpha value is 0.400. The van der Waals surface area contributed by atoms with Gasteiger partial charge >= 0.3 is 0 Å². The maximum absolute atomic E-state index is 6.98. The van der Waals surface area contributed by atoms with Crippen LogP contribution in [-0.2, 0) is 9.47 Å². The van der Waals surface area contributed by atoms with E-state index in [9.17, 15) is 0 Å². The van der Waals surface area contributed by atoms with Crippen molar-refractivity contribution in [1.82, 2.24) is 0 Å². The molecule has 0 aromatic carbocycles. The number of alkyl halides is 1. The first kappa shape index (κ1) is 28.0. The largest absolute Gasteiger partial charge is 0.374 e. The third-order valence-electron chi connectivity index (χ3n) is 8.53. The minimum Gasteiger partial charge on any atom is -0.374 e. The monoisotopic (exact) mass is 526 g/mol. The second kappa shape index (κ2) is 17.8. The number of hydrogen-bond donors (Lipinski definition) is 0. The van der Waals surface area contributed by atoms with Crippen LogP contribution >= 0.6 is 15.9 Å². The maximum Gasteiger partial charge on any atom is 0.0729 e. The second-order valence-corrected chi connectivity index (χ2v) is 12.5. The van der Waals surface area contributed by atoms with E-state index in [0.29, 0.717) is 29.2 Å². The molecule has 3 rings (SSSR count). The predicted octanol–water partition coefficient (Wildman–Crippen LogP) is 10.1. The van der Waals surface area contributed by atoms with E-state index in [1.54, 1.807) is 0 Å². The molecule has 2 unspecified atom stereocenters. The van der Waals surface area contributed by atoms with Gasteiger partial charge in [0.25, 0.3) is 0 Å². The molecule has 0 saturated heterocycles. The normalized spacial score (nSPS) is 32.1. The van der Waals surface area contributed by atoms with Gasteiger partial charge in [0, 0.05) is 0 Å². The van der Waals surface area contributed by atoms with Gasteiger partial charge in [0.15, 0.2) is 0 Å². The maximum atomic E-state index is 6.98. The van der Waals surface area contributed by atoms with Crippen molar-refractivity contribution in [3.05, 3.63) is 0 Å². The molecule has 194 valence electrons. The molecular formula is C30H55BrO2. The quantitative estimate of drug-likeness (QED) is 0.339. The van der Waals surface area contributed by atoms with Gasteiger partial charge in [-0.1, -0.05) is 138 Å². The SMILES string of the molecule is BrC1C(OC2CCCCCCCCC2)CCCCCCCC1OC1CCCCCCCCC1. The summed E-state index contributed by atoms with van der Waals surface area (Å²) in [4.78, 5) is 0.349. The van der Waals surface area contributed by atoms with Crippen LogP contribution in [0.4, 0.5) is 0 Å². The highest BCUT2D eigenvalue weighted by Crippen LogP contribution is 2.32. The van der Waals surface area contributed by atoms with Crippen molar-refractivity contribution in [2.45, 2.75) is 190 Å². The van der Waals surface area contributed by atoms with Crippen LogP contribution in [0.15, 0.2) is 0 Å². The Morgan fingerprint density at radius 1 is 0.333 bits per heavy atom. The van der Waals surface area contributed by atoms with E-state index in [0.717, 1.165) is 0 Å². The number of ether oxygens (including phenoxy) is 2. The summed E-state index contributed by atoms with van der Waals surface area (Å²) in [6.45, 7) is 0. The highest BCUT2D eigenvalue weighted by molar-refractivity contribution is 9.09. The lowest BCUT2D eigenvalue weighted by atomic mass is 9.95. The van der Waals surface area contributed by atoms with Crippen molar-refractivity contribution in [1.29, 1.82) is 0 Å². The summed E-state index contributed by atoms with van der Waals surface area (Å²) in [5.41, 5.74) is 0. The third kappa shape index (κ3) is 11.8. The highest BCUT2D eigenvalue weighted by Gasteiger charge is 2.32. The molecule has 3 aliphatic carbocycles. The Morgan fingerprint density at radius 3 is 0.879 bits per heavy atom. The molecular weight excluding hydrogens is 472 g/mol. The molecule has 33 heavy (non-hydrogen) atoms. The minimum absolute atomic E-state index is 0.320. The van der Waals surface area contributed by atoms with Gasteiger partial charge < -0.3 is 9.47 Å². The van der Waals surface area contributed by atoms with Gasteiger partial charge in [-0.05, 0) is 38.5 Å². The summed E-state index contributed by atoms with van der Waals surface area (Å²) in [5.74, 6) is 0. The molecule has 0 heterocycles. The van der Waals surface area contributed by atoms with Crippen LogP contribution in [0, 0.1) is 0 Å². The van der Waals surface area contributed by atoms with Gasteiger partial charge in [-0.25, -0.2) is 0 Å². The van der Waals surface area contributed by atoms with Gasteiger partial charge in [-0.15, -0.1) is 0 Å². The summed E-state index contributed by atoms with van der Waals surface area (Å²) in [7, 11) is 0. The van der Waals surface area contributed by atoms with E-state index in [-0.39, 0.29) is 0 Å². The first-order valence-corrected chi connectivity index (χ1v) is 16.2. The van der Waals surface area contributed by atoms with Gasteiger partial charge in [-0.2, -0.15) is 0 Å². The molecule has 3 aliphatic rings. The average molecular weight is 528 g/mol.